The Labute approximate surface area is 106 Å². The van der Waals surface area contributed by atoms with Gasteiger partial charge in [-0.25, -0.2) is 0 Å². The Kier molecular flexibility index (Phi) is 2.45. The van der Waals surface area contributed by atoms with Crippen LogP contribution in [0.15, 0.2) is 33.3 Å². The van der Waals surface area contributed by atoms with Gasteiger partial charge in [0.1, 0.15) is 0 Å². The lowest BCUT2D eigenvalue weighted by atomic mass is 10.2. The summed E-state index contributed by atoms with van der Waals surface area (Å²) >= 11 is 3.40. The maximum Gasteiger partial charge on any atom is 0.231 e. The molecule has 0 amide bonds. The molecule has 2 atom stereocenters. The molecule has 4 nitrogen and oxygen atoms in total. The number of hydrogen-bond donors (Lipinski definition) is 0. The summed E-state index contributed by atoms with van der Waals surface area (Å²) < 4.78 is 6.16. The standard InChI is InChI=1S/C12H8BrN3O/c13-9-3-1-2-7(4-9)11-15-12(17-16-11)10-5-8(10)6-14/h1-4,8,10H,5H2. The van der Waals surface area contributed by atoms with Crippen molar-refractivity contribution < 1.29 is 4.52 Å². The van der Waals surface area contributed by atoms with Crippen molar-refractivity contribution in [2.45, 2.75) is 12.3 Å². The molecule has 2 unspecified atom stereocenters. The van der Waals surface area contributed by atoms with E-state index in [1.165, 1.54) is 0 Å². The number of nitriles is 1. The van der Waals surface area contributed by atoms with Crippen LogP contribution < -0.4 is 0 Å². The molecule has 0 aliphatic heterocycles. The third kappa shape index (κ3) is 1.96. The highest BCUT2D eigenvalue weighted by Gasteiger charge is 2.43. The molecular weight excluding hydrogens is 282 g/mol. The van der Waals surface area contributed by atoms with E-state index in [9.17, 15) is 0 Å². The van der Waals surface area contributed by atoms with E-state index >= 15 is 0 Å². The zero-order valence-electron chi connectivity index (χ0n) is 8.80. The second kappa shape index (κ2) is 3.97. The van der Waals surface area contributed by atoms with Crippen molar-refractivity contribution >= 4 is 15.9 Å². The first-order valence-corrected chi connectivity index (χ1v) is 6.06. The van der Waals surface area contributed by atoms with Crippen LogP contribution in [0.25, 0.3) is 11.4 Å². The summed E-state index contributed by atoms with van der Waals surface area (Å²) in [5, 5.41) is 12.7. The van der Waals surface area contributed by atoms with Crippen LogP contribution in [0.1, 0.15) is 18.2 Å². The van der Waals surface area contributed by atoms with E-state index in [1.807, 2.05) is 24.3 Å². The van der Waals surface area contributed by atoms with Crippen molar-refractivity contribution in [2.24, 2.45) is 5.92 Å². The Morgan fingerprint density at radius 1 is 1.47 bits per heavy atom. The molecule has 1 heterocycles. The van der Waals surface area contributed by atoms with Crippen molar-refractivity contribution in [1.82, 2.24) is 10.1 Å². The number of aromatic nitrogens is 2. The summed E-state index contributed by atoms with van der Waals surface area (Å²) in [6.07, 6.45) is 0.830. The normalized spacial score (nSPS) is 22.1. The quantitative estimate of drug-likeness (QED) is 0.852. The predicted molar refractivity (Wildman–Crippen MR) is 63.9 cm³/mol. The Balaban J connectivity index is 1.89. The number of hydrogen-bond acceptors (Lipinski definition) is 4. The van der Waals surface area contributed by atoms with E-state index in [4.69, 9.17) is 9.78 Å². The highest BCUT2D eigenvalue weighted by atomic mass is 79.9. The van der Waals surface area contributed by atoms with Crippen LogP contribution in [0.2, 0.25) is 0 Å². The largest absolute Gasteiger partial charge is 0.339 e. The van der Waals surface area contributed by atoms with E-state index in [-0.39, 0.29) is 11.8 Å². The molecule has 0 radical (unpaired) electrons. The molecule has 0 spiro atoms. The van der Waals surface area contributed by atoms with E-state index in [0.29, 0.717) is 11.7 Å². The SMILES string of the molecule is N#CC1CC1c1nc(-c2cccc(Br)c2)no1. The van der Waals surface area contributed by atoms with Crippen LogP contribution in [0.5, 0.6) is 0 Å². The fraction of sp³-hybridized carbons (Fsp3) is 0.250. The van der Waals surface area contributed by atoms with Gasteiger partial charge in [-0.05, 0) is 18.6 Å². The Bertz CT molecular complexity index is 602. The molecule has 5 heteroatoms. The average molecular weight is 290 g/mol. The molecular formula is C12H8BrN3O. The fourth-order valence-corrected chi connectivity index (χ4v) is 2.14. The molecule has 1 aromatic heterocycles. The molecule has 0 N–H and O–H groups in total. The minimum absolute atomic E-state index is 0.0470. The van der Waals surface area contributed by atoms with Gasteiger partial charge in [0.2, 0.25) is 11.7 Å². The fourth-order valence-electron chi connectivity index (χ4n) is 1.74. The Morgan fingerprint density at radius 2 is 2.35 bits per heavy atom. The molecule has 84 valence electrons. The van der Waals surface area contributed by atoms with Gasteiger partial charge in [0, 0.05) is 10.0 Å². The lowest BCUT2D eigenvalue weighted by Gasteiger charge is -1.93. The Hall–Kier alpha value is -1.67. The van der Waals surface area contributed by atoms with E-state index in [0.717, 1.165) is 16.5 Å². The molecule has 2 aromatic rings. The van der Waals surface area contributed by atoms with Crippen molar-refractivity contribution in [3.05, 3.63) is 34.6 Å². The molecule has 1 saturated carbocycles. The average Bonchev–Trinajstić information content (AvgIpc) is 2.97. The van der Waals surface area contributed by atoms with Gasteiger partial charge in [0.25, 0.3) is 0 Å². The molecule has 0 saturated heterocycles. The van der Waals surface area contributed by atoms with Crippen molar-refractivity contribution in [2.75, 3.05) is 0 Å². The first-order chi connectivity index (χ1) is 8.28. The van der Waals surface area contributed by atoms with Crippen LogP contribution in [0.4, 0.5) is 0 Å². The van der Waals surface area contributed by atoms with Crippen LogP contribution >= 0.6 is 15.9 Å². The van der Waals surface area contributed by atoms with Crippen molar-refractivity contribution in [1.29, 1.82) is 5.26 Å². The molecule has 17 heavy (non-hydrogen) atoms. The molecule has 1 aliphatic carbocycles. The van der Waals surface area contributed by atoms with E-state index < -0.39 is 0 Å². The highest BCUT2D eigenvalue weighted by molar-refractivity contribution is 9.10. The summed E-state index contributed by atoms with van der Waals surface area (Å²) in [7, 11) is 0. The van der Waals surface area contributed by atoms with Crippen molar-refractivity contribution in [3.63, 3.8) is 0 Å². The molecule has 0 bridgehead atoms. The minimum Gasteiger partial charge on any atom is -0.339 e. The summed E-state index contributed by atoms with van der Waals surface area (Å²) in [6.45, 7) is 0. The smallest absolute Gasteiger partial charge is 0.231 e. The van der Waals surface area contributed by atoms with Gasteiger partial charge in [0.05, 0.1) is 17.9 Å². The number of nitrogens with zero attached hydrogens (tertiary/aromatic N) is 3. The van der Waals surface area contributed by atoms with Gasteiger partial charge in [-0.15, -0.1) is 0 Å². The van der Waals surface area contributed by atoms with Crippen LogP contribution in [0.3, 0.4) is 0 Å². The molecule has 3 rings (SSSR count). The predicted octanol–water partition coefficient (Wildman–Crippen LogP) is 3.13. The maximum absolute atomic E-state index is 8.75. The summed E-state index contributed by atoms with van der Waals surface area (Å²) in [5.41, 5.74) is 0.906. The number of benzene rings is 1. The van der Waals surface area contributed by atoms with Crippen LogP contribution in [-0.4, -0.2) is 10.1 Å². The molecule has 1 aliphatic rings. The van der Waals surface area contributed by atoms with E-state index in [2.05, 4.69) is 32.1 Å². The third-order valence-electron chi connectivity index (χ3n) is 2.80. The highest BCUT2D eigenvalue weighted by Crippen LogP contribution is 2.46. The Morgan fingerprint density at radius 3 is 3.06 bits per heavy atom. The van der Waals surface area contributed by atoms with Gasteiger partial charge in [-0.3, -0.25) is 0 Å². The topological polar surface area (TPSA) is 62.7 Å². The van der Waals surface area contributed by atoms with Gasteiger partial charge in [-0.1, -0.05) is 33.2 Å². The zero-order chi connectivity index (χ0) is 11.8. The monoisotopic (exact) mass is 289 g/mol. The number of halogens is 1. The van der Waals surface area contributed by atoms with E-state index in [1.54, 1.807) is 0 Å². The third-order valence-corrected chi connectivity index (χ3v) is 3.29. The van der Waals surface area contributed by atoms with Crippen LogP contribution in [-0.2, 0) is 0 Å². The molecule has 1 fully saturated rings. The summed E-state index contributed by atoms with van der Waals surface area (Å²) in [5.74, 6) is 1.33. The summed E-state index contributed by atoms with van der Waals surface area (Å²) in [6, 6.07) is 9.93. The minimum atomic E-state index is 0.0470. The lowest BCUT2D eigenvalue weighted by molar-refractivity contribution is 0.378. The number of rotatable bonds is 2. The first-order valence-electron chi connectivity index (χ1n) is 5.27. The maximum atomic E-state index is 8.75. The second-order valence-corrected chi connectivity index (χ2v) is 4.96. The zero-order valence-corrected chi connectivity index (χ0v) is 10.4. The second-order valence-electron chi connectivity index (χ2n) is 4.04. The van der Waals surface area contributed by atoms with Gasteiger partial charge >= 0.3 is 0 Å². The van der Waals surface area contributed by atoms with Crippen molar-refractivity contribution in [3.8, 4) is 17.5 Å². The summed E-state index contributed by atoms with van der Waals surface area (Å²) in [4.78, 5) is 4.33. The van der Waals surface area contributed by atoms with Gasteiger partial charge < -0.3 is 4.52 Å². The molecule has 1 aromatic carbocycles. The lowest BCUT2D eigenvalue weighted by Crippen LogP contribution is -1.83. The van der Waals surface area contributed by atoms with Gasteiger partial charge in [-0.2, -0.15) is 10.2 Å². The first kappa shape index (κ1) is 10.5. The van der Waals surface area contributed by atoms with Crippen LogP contribution in [0, 0.1) is 17.2 Å². The van der Waals surface area contributed by atoms with Gasteiger partial charge in [0.15, 0.2) is 0 Å².